The molecule has 3 aliphatic rings. The highest BCUT2D eigenvalue weighted by atomic mass is 16.6. The summed E-state index contributed by atoms with van der Waals surface area (Å²) < 4.78 is 17.4. The van der Waals surface area contributed by atoms with E-state index in [2.05, 4.69) is 23.2 Å². The quantitative estimate of drug-likeness (QED) is 0.103. The van der Waals surface area contributed by atoms with Crippen molar-refractivity contribution in [2.75, 3.05) is 26.2 Å². The van der Waals surface area contributed by atoms with Crippen molar-refractivity contribution in [3.8, 4) is 0 Å². The van der Waals surface area contributed by atoms with E-state index in [4.69, 9.17) is 14.2 Å². The molecule has 10 nitrogen and oxygen atoms in total. The summed E-state index contributed by atoms with van der Waals surface area (Å²) in [6.45, 7) is 14.8. The first kappa shape index (κ1) is 38.2. The number of alkyl carbamates (subject to hydrolysis) is 1. The topological polar surface area (TPSA) is 141 Å². The van der Waals surface area contributed by atoms with Crippen LogP contribution in [0.3, 0.4) is 0 Å². The van der Waals surface area contributed by atoms with Gasteiger partial charge in [0, 0.05) is 24.9 Å². The Morgan fingerprint density at radius 2 is 1.96 bits per heavy atom. The van der Waals surface area contributed by atoms with E-state index in [9.17, 15) is 24.9 Å². The van der Waals surface area contributed by atoms with Crippen LogP contribution in [0, 0.1) is 17.8 Å². The molecule has 46 heavy (non-hydrogen) atoms. The van der Waals surface area contributed by atoms with Gasteiger partial charge in [0.15, 0.2) is 6.10 Å². The molecule has 0 aromatic heterocycles. The molecule has 0 saturated carbocycles. The zero-order chi connectivity index (χ0) is 33.9. The van der Waals surface area contributed by atoms with Crippen LogP contribution in [0.1, 0.15) is 92.9 Å². The Labute approximate surface area is 276 Å². The van der Waals surface area contributed by atoms with Crippen molar-refractivity contribution < 1.29 is 39.1 Å². The van der Waals surface area contributed by atoms with Gasteiger partial charge in [-0.25, -0.2) is 4.79 Å². The first-order valence-electron chi connectivity index (χ1n) is 17.4. The SMILES string of the molecule is CCC(O)C(C)C1OC1CC(C)/C=C/C=C(\C)C1OC(=O)CC(O)CCC(C)(O)C(OC(=O)NCCN2CCCCC2)/C=C\C1C. The normalized spacial score (nSPS) is 34.5. The Morgan fingerprint density at radius 1 is 1.24 bits per heavy atom. The third-order valence-electron chi connectivity index (χ3n) is 9.72. The third-order valence-corrected chi connectivity index (χ3v) is 9.72. The molecule has 1 amide bonds. The number of rotatable bonds is 12. The zero-order valence-electron chi connectivity index (χ0n) is 28.9. The van der Waals surface area contributed by atoms with Crippen LogP contribution >= 0.6 is 0 Å². The van der Waals surface area contributed by atoms with Crippen molar-refractivity contribution in [3.05, 3.63) is 36.0 Å². The molecule has 10 unspecified atom stereocenters. The van der Waals surface area contributed by atoms with Crippen molar-refractivity contribution in [2.24, 2.45) is 17.8 Å². The number of likely N-dealkylation sites (tertiary alicyclic amines) is 1. The number of aliphatic hydroxyl groups is 3. The lowest BCUT2D eigenvalue weighted by Crippen LogP contribution is -2.45. The zero-order valence-corrected chi connectivity index (χ0v) is 28.9. The fourth-order valence-corrected chi connectivity index (χ4v) is 6.44. The third kappa shape index (κ3) is 12.4. The number of ether oxygens (including phenoxy) is 3. The van der Waals surface area contributed by atoms with E-state index < -0.39 is 36.0 Å². The van der Waals surface area contributed by atoms with Crippen LogP contribution in [0.25, 0.3) is 0 Å². The Hall–Kier alpha value is -2.24. The van der Waals surface area contributed by atoms with Crippen LogP contribution in [0.15, 0.2) is 36.0 Å². The highest BCUT2D eigenvalue weighted by molar-refractivity contribution is 5.70. The minimum Gasteiger partial charge on any atom is -0.457 e. The summed E-state index contributed by atoms with van der Waals surface area (Å²) in [5.41, 5.74) is -0.638. The van der Waals surface area contributed by atoms with E-state index in [0.717, 1.165) is 31.6 Å². The molecule has 0 bridgehead atoms. The minimum absolute atomic E-state index is 0.0981. The molecule has 0 aliphatic carbocycles. The number of hydrogen-bond acceptors (Lipinski definition) is 9. The molecule has 0 radical (unpaired) electrons. The molecular formula is C36H60N2O8. The van der Waals surface area contributed by atoms with Crippen LogP contribution in [0.4, 0.5) is 4.79 Å². The summed E-state index contributed by atoms with van der Waals surface area (Å²) >= 11 is 0. The predicted molar refractivity (Wildman–Crippen MR) is 178 cm³/mol. The maximum atomic E-state index is 12.8. The monoisotopic (exact) mass is 648 g/mol. The van der Waals surface area contributed by atoms with Gasteiger partial charge in [-0.15, -0.1) is 0 Å². The number of aliphatic hydroxyl groups excluding tert-OH is 2. The average Bonchev–Trinajstić information content (AvgIpc) is 3.78. The Bertz CT molecular complexity index is 1050. The molecule has 0 spiro atoms. The number of nitrogens with one attached hydrogen (secondary N) is 1. The smallest absolute Gasteiger partial charge is 0.407 e. The molecular weight excluding hydrogens is 588 g/mol. The predicted octanol–water partition coefficient (Wildman–Crippen LogP) is 4.67. The van der Waals surface area contributed by atoms with E-state index in [1.54, 1.807) is 13.0 Å². The molecule has 0 aromatic carbocycles. The summed E-state index contributed by atoms with van der Waals surface area (Å²) in [6.07, 6.45) is 11.4. The minimum atomic E-state index is -1.46. The van der Waals surface area contributed by atoms with Gasteiger partial charge in [-0.1, -0.05) is 58.4 Å². The standard InChI is InChI=1S/C36H60N2O8/c1-7-29(40)27(5)34-30(44-34)22-24(2)12-11-13-25(3)33-26(4)14-15-31(36(6,43)17-16-28(39)23-32(41)46-33)45-35(42)37-18-21-38-19-9-8-10-20-38/h11-15,24,26-31,33-34,39-40,43H,7-10,16-23H2,1-6H3,(H,37,42)/b12-11+,15-14-,25-13+. The molecule has 3 aliphatic heterocycles. The molecule has 262 valence electrons. The first-order valence-corrected chi connectivity index (χ1v) is 17.4. The maximum absolute atomic E-state index is 12.8. The molecule has 4 N–H and O–H groups in total. The summed E-state index contributed by atoms with van der Waals surface area (Å²) in [5, 5.41) is 34.8. The Kier molecular flexibility index (Phi) is 15.2. The van der Waals surface area contributed by atoms with Gasteiger partial charge in [0.2, 0.25) is 0 Å². The highest BCUT2D eigenvalue weighted by Gasteiger charge is 2.45. The summed E-state index contributed by atoms with van der Waals surface area (Å²) in [7, 11) is 0. The summed E-state index contributed by atoms with van der Waals surface area (Å²) in [5.74, 6) is -0.449. The lowest BCUT2D eigenvalue weighted by molar-refractivity contribution is -0.151. The van der Waals surface area contributed by atoms with Crippen molar-refractivity contribution in [3.63, 3.8) is 0 Å². The number of esters is 1. The fourth-order valence-electron chi connectivity index (χ4n) is 6.44. The number of carbonyl (C=O) groups is 2. The summed E-state index contributed by atoms with van der Waals surface area (Å²) in [6, 6.07) is 0. The number of piperidine rings is 1. The van der Waals surface area contributed by atoms with Gasteiger partial charge in [-0.2, -0.15) is 0 Å². The van der Waals surface area contributed by atoms with E-state index in [1.807, 2.05) is 45.9 Å². The second kappa shape index (κ2) is 18.3. The van der Waals surface area contributed by atoms with E-state index in [1.165, 1.54) is 19.3 Å². The molecule has 2 fully saturated rings. The van der Waals surface area contributed by atoms with Gasteiger partial charge in [0.1, 0.15) is 11.7 Å². The number of epoxide rings is 1. The Morgan fingerprint density at radius 3 is 2.65 bits per heavy atom. The number of allylic oxidation sites excluding steroid dienone is 3. The maximum Gasteiger partial charge on any atom is 0.407 e. The van der Waals surface area contributed by atoms with Crippen LogP contribution < -0.4 is 5.32 Å². The first-order chi connectivity index (χ1) is 21.8. The van der Waals surface area contributed by atoms with Crippen LogP contribution in [-0.4, -0.2) is 101 Å². The average molecular weight is 649 g/mol. The molecule has 0 aromatic rings. The van der Waals surface area contributed by atoms with E-state index in [-0.39, 0.29) is 55.3 Å². The summed E-state index contributed by atoms with van der Waals surface area (Å²) in [4.78, 5) is 27.9. The molecule has 3 heterocycles. The van der Waals surface area contributed by atoms with Gasteiger partial charge in [0.25, 0.3) is 0 Å². The molecule has 2 saturated heterocycles. The number of cyclic esters (lactones) is 1. The lowest BCUT2D eigenvalue weighted by atomic mass is 9.88. The molecule has 10 atom stereocenters. The van der Waals surface area contributed by atoms with Crippen molar-refractivity contribution in [2.45, 2.75) is 135 Å². The van der Waals surface area contributed by atoms with Crippen molar-refractivity contribution in [1.29, 1.82) is 0 Å². The van der Waals surface area contributed by atoms with Gasteiger partial charge in [-0.05, 0) is 83.0 Å². The van der Waals surface area contributed by atoms with E-state index >= 15 is 0 Å². The van der Waals surface area contributed by atoms with Gasteiger partial charge in [0.05, 0.1) is 30.8 Å². The number of amides is 1. The van der Waals surface area contributed by atoms with Crippen LogP contribution in [-0.2, 0) is 19.0 Å². The second-order valence-electron chi connectivity index (χ2n) is 14.0. The van der Waals surface area contributed by atoms with Crippen molar-refractivity contribution >= 4 is 12.1 Å². The van der Waals surface area contributed by atoms with Gasteiger partial charge >= 0.3 is 12.1 Å². The van der Waals surface area contributed by atoms with Gasteiger partial charge < -0.3 is 39.7 Å². The number of hydrogen-bond donors (Lipinski definition) is 4. The van der Waals surface area contributed by atoms with Crippen LogP contribution in [0.2, 0.25) is 0 Å². The molecule has 10 heteroatoms. The largest absolute Gasteiger partial charge is 0.457 e. The highest BCUT2D eigenvalue weighted by Crippen LogP contribution is 2.36. The van der Waals surface area contributed by atoms with E-state index in [0.29, 0.717) is 13.0 Å². The lowest BCUT2D eigenvalue weighted by Gasteiger charge is -2.33. The van der Waals surface area contributed by atoms with Crippen LogP contribution in [0.5, 0.6) is 0 Å². The van der Waals surface area contributed by atoms with Gasteiger partial charge in [-0.3, -0.25) is 4.79 Å². The second-order valence-corrected chi connectivity index (χ2v) is 14.0. The number of nitrogens with zero attached hydrogens (tertiary/aromatic N) is 1. The number of carbonyl (C=O) groups excluding carboxylic acids is 2. The molecule has 3 rings (SSSR count). The Balaban J connectivity index is 1.65. The fraction of sp³-hybridized carbons (Fsp3) is 0.778. The van der Waals surface area contributed by atoms with Crippen molar-refractivity contribution in [1.82, 2.24) is 10.2 Å².